The summed E-state index contributed by atoms with van der Waals surface area (Å²) in [6.07, 6.45) is 2.50. The van der Waals surface area contributed by atoms with Crippen molar-refractivity contribution in [2.45, 2.75) is 20.3 Å². The fraction of sp³-hybridized carbons (Fsp3) is 0.556. The van der Waals surface area contributed by atoms with Gasteiger partial charge in [0.1, 0.15) is 0 Å². The zero-order valence-corrected chi connectivity index (χ0v) is 9.23. The van der Waals surface area contributed by atoms with Gasteiger partial charge in [-0.05, 0) is 13.3 Å². The first-order valence-corrected chi connectivity index (χ1v) is 5.42. The van der Waals surface area contributed by atoms with Gasteiger partial charge in [0.2, 0.25) is 5.91 Å². The lowest BCUT2D eigenvalue weighted by Gasteiger charge is -2.10. The normalized spacial score (nSPS) is 12.5. The molecule has 14 heavy (non-hydrogen) atoms. The number of aryl methyl sites for hydroxylation is 1. The number of aromatic nitrogens is 1. The number of amides is 1. The molecule has 3 N–H and O–H groups in total. The van der Waals surface area contributed by atoms with Crippen molar-refractivity contribution in [2.24, 2.45) is 11.7 Å². The van der Waals surface area contributed by atoms with Crippen molar-refractivity contribution in [3.05, 3.63) is 11.1 Å². The van der Waals surface area contributed by atoms with Gasteiger partial charge < -0.3 is 11.1 Å². The highest BCUT2D eigenvalue weighted by atomic mass is 32.1. The molecule has 1 unspecified atom stereocenters. The van der Waals surface area contributed by atoms with Crippen LogP contribution in [0.4, 0.5) is 5.13 Å². The number of carbonyl (C=O) groups is 1. The van der Waals surface area contributed by atoms with Gasteiger partial charge in [-0.15, -0.1) is 11.3 Å². The summed E-state index contributed by atoms with van der Waals surface area (Å²) in [6, 6.07) is 0. The number of rotatable bonds is 4. The van der Waals surface area contributed by atoms with E-state index in [-0.39, 0.29) is 11.8 Å². The number of nitrogens with one attached hydrogen (secondary N) is 1. The summed E-state index contributed by atoms with van der Waals surface area (Å²) in [5.41, 5.74) is 5.47. The van der Waals surface area contributed by atoms with E-state index in [0.29, 0.717) is 11.7 Å². The Morgan fingerprint density at radius 3 is 2.93 bits per heavy atom. The summed E-state index contributed by atoms with van der Waals surface area (Å²) in [6.45, 7) is 4.28. The van der Waals surface area contributed by atoms with Crippen molar-refractivity contribution < 1.29 is 4.79 Å². The van der Waals surface area contributed by atoms with Gasteiger partial charge in [-0.2, -0.15) is 0 Å². The van der Waals surface area contributed by atoms with Crippen molar-refractivity contribution in [3.63, 3.8) is 0 Å². The molecule has 0 aliphatic rings. The van der Waals surface area contributed by atoms with Gasteiger partial charge in [0.25, 0.3) is 0 Å². The van der Waals surface area contributed by atoms with Gasteiger partial charge in [-0.3, -0.25) is 4.79 Å². The van der Waals surface area contributed by atoms with E-state index < -0.39 is 0 Å². The third-order valence-corrected chi connectivity index (χ3v) is 2.83. The van der Waals surface area contributed by atoms with Crippen LogP contribution in [0.2, 0.25) is 0 Å². The quantitative estimate of drug-likeness (QED) is 0.793. The highest BCUT2D eigenvalue weighted by Gasteiger charge is 2.15. The second-order valence-corrected chi connectivity index (χ2v) is 4.34. The zero-order chi connectivity index (χ0) is 10.6. The topological polar surface area (TPSA) is 68.0 Å². The standard InChI is InChI=1S/C9H15N3OS/c1-3-7(4-10)8(13)12-9-11-5-6(2)14-9/h5,7H,3-4,10H2,1-2H3,(H,11,12,13). The summed E-state index contributed by atoms with van der Waals surface area (Å²) in [7, 11) is 0. The second-order valence-electron chi connectivity index (χ2n) is 3.11. The van der Waals surface area contributed by atoms with Gasteiger partial charge in [0.15, 0.2) is 5.13 Å². The molecule has 0 saturated carbocycles. The molecule has 0 radical (unpaired) electrons. The number of nitrogens with two attached hydrogens (primary N) is 1. The van der Waals surface area contributed by atoms with E-state index in [4.69, 9.17) is 5.73 Å². The molecule has 0 saturated heterocycles. The van der Waals surface area contributed by atoms with Gasteiger partial charge >= 0.3 is 0 Å². The van der Waals surface area contributed by atoms with Crippen molar-refractivity contribution in [1.29, 1.82) is 0 Å². The number of hydrogen-bond acceptors (Lipinski definition) is 4. The van der Waals surface area contributed by atoms with E-state index >= 15 is 0 Å². The minimum atomic E-state index is -0.112. The van der Waals surface area contributed by atoms with Crippen LogP contribution in [-0.4, -0.2) is 17.4 Å². The second kappa shape index (κ2) is 5.07. The van der Waals surface area contributed by atoms with Gasteiger partial charge in [0, 0.05) is 17.6 Å². The molecule has 0 fully saturated rings. The molecule has 0 aromatic carbocycles. The van der Waals surface area contributed by atoms with E-state index in [1.807, 2.05) is 13.8 Å². The van der Waals surface area contributed by atoms with Crippen LogP contribution in [0, 0.1) is 12.8 Å². The summed E-state index contributed by atoms with van der Waals surface area (Å²) >= 11 is 1.47. The maximum absolute atomic E-state index is 11.6. The van der Waals surface area contributed by atoms with Crippen LogP contribution in [0.5, 0.6) is 0 Å². The Hall–Kier alpha value is -0.940. The Bertz CT molecular complexity index is 307. The molecule has 1 rings (SSSR count). The van der Waals surface area contributed by atoms with Crippen LogP contribution in [0.1, 0.15) is 18.2 Å². The molecule has 1 aromatic rings. The fourth-order valence-electron chi connectivity index (χ4n) is 1.08. The van der Waals surface area contributed by atoms with Crippen LogP contribution in [-0.2, 0) is 4.79 Å². The predicted molar refractivity (Wildman–Crippen MR) is 58.3 cm³/mol. The maximum atomic E-state index is 11.6. The third kappa shape index (κ3) is 2.78. The van der Waals surface area contributed by atoms with E-state index in [0.717, 1.165) is 11.3 Å². The van der Waals surface area contributed by atoms with Crippen molar-refractivity contribution in [3.8, 4) is 0 Å². The highest BCUT2D eigenvalue weighted by Crippen LogP contribution is 2.17. The van der Waals surface area contributed by atoms with Crippen molar-refractivity contribution in [1.82, 2.24) is 4.98 Å². The number of anilines is 1. The molecule has 0 bridgehead atoms. The minimum absolute atomic E-state index is 0.0376. The van der Waals surface area contributed by atoms with Crippen LogP contribution >= 0.6 is 11.3 Å². The van der Waals surface area contributed by atoms with Crippen LogP contribution in [0.15, 0.2) is 6.20 Å². The Kier molecular flexibility index (Phi) is 4.03. The van der Waals surface area contributed by atoms with Crippen molar-refractivity contribution in [2.75, 3.05) is 11.9 Å². The smallest absolute Gasteiger partial charge is 0.230 e. The zero-order valence-electron chi connectivity index (χ0n) is 8.41. The van der Waals surface area contributed by atoms with Crippen molar-refractivity contribution >= 4 is 22.4 Å². The molecule has 1 heterocycles. The molecule has 78 valence electrons. The lowest BCUT2D eigenvalue weighted by atomic mass is 10.1. The Morgan fingerprint density at radius 1 is 1.79 bits per heavy atom. The monoisotopic (exact) mass is 213 g/mol. The van der Waals surface area contributed by atoms with E-state index in [9.17, 15) is 4.79 Å². The number of hydrogen-bond donors (Lipinski definition) is 2. The van der Waals surface area contributed by atoms with E-state index in [1.165, 1.54) is 11.3 Å². The van der Waals surface area contributed by atoms with E-state index in [1.54, 1.807) is 6.20 Å². The average Bonchev–Trinajstić information content (AvgIpc) is 2.53. The molecule has 0 aliphatic heterocycles. The SMILES string of the molecule is CCC(CN)C(=O)Nc1ncc(C)s1. The summed E-state index contributed by atoms with van der Waals surface area (Å²) in [5, 5.41) is 3.41. The lowest BCUT2D eigenvalue weighted by Crippen LogP contribution is -2.28. The first-order valence-electron chi connectivity index (χ1n) is 4.60. The molecular weight excluding hydrogens is 198 g/mol. The van der Waals surface area contributed by atoms with Gasteiger partial charge in [-0.25, -0.2) is 4.98 Å². The molecule has 0 spiro atoms. The molecule has 5 heteroatoms. The van der Waals surface area contributed by atoms with Crippen LogP contribution in [0.3, 0.4) is 0 Å². The molecule has 4 nitrogen and oxygen atoms in total. The first-order chi connectivity index (χ1) is 6.67. The summed E-state index contributed by atoms with van der Waals surface area (Å²) in [5.74, 6) is -0.149. The third-order valence-electron chi connectivity index (χ3n) is 2.00. The molecule has 1 amide bonds. The average molecular weight is 213 g/mol. The number of carbonyl (C=O) groups excluding carboxylic acids is 1. The Balaban J connectivity index is 2.56. The summed E-state index contributed by atoms with van der Waals surface area (Å²) in [4.78, 5) is 16.7. The molecule has 1 atom stereocenters. The molecule has 1 aromatic heterocycles. The largest absolute Gasteiger partial charge is 0.330 e. The van der Waals surface area contributed by atoms with Gasteiger partial charge in [0.05, 0.1) is 5.92 Å². The number of thiazole rings is 1. The first kappa shape index (κ1) is 11.1. The highest BCUT2D eigenvalue weighted by molar-refractivity contribution is 7.15. The summed E-state index contributed by atoms with van der Waals surface area (Å²) < 4.78 is 0. The van der Waals surface area contributed by atoms with E-state index in [2.05, 4.69) is 10.3 Å². The Morgan fingerprint density at radius 2 is 2.50 bits per heavy atom. The maximum Gasteiger partial charge on any atom is 0.230 e. The van der Waals surface area contributed by atoms with Crippen LogP contribution in [0.25, 0.3) is 0 Å². The Labute approximate surface area is 87.5 Å². The lowest BCUT2D eigenvalue weighted by molar-refractivity contribution is -0.119. The number of nitrogens with zero attached hydrogens (tertiary/aromatic N) is 1. The minimum Gasteiger partial charge on any atom is -0.330 e. The fourth-order valence-corrected chi connectivity index (χ4v) is 1.75. The molecule has 0 aliphatic carbocycles. The molecular formula is C9H15N3OS. The van der Waals surface area contributed by atoms with Crippen LogP contribution < -0.4 is 11.1 Å². The predicted octanol–water partition coefficient (Wildman–Crippen LogP) is 1.37. The van der Waals surface area contributed by atoms with Gasteiger partial charge in [-0.1, -0.05) is 6.92 Å².